The lowest BCUT2D eigenvalue weighted by Gasteiger charge is -2.03. The van der Waals surface area contributed by atoms with Crippen molar-refractivity contribution in [2.75, 3.05) is 11.1 Å². The lowest BCUT2D eigenvalue weighted by atomic mass is 10.2. The molecule has 0 aliphatic heterocycles. The maximum atomic E-state index is 11.8. The molecule has 2 aromatic rings. The number of rotatable bonds is 2. The Hall–Kier alpha value is -2.08. The standard InChI is InChI=1S/C10H9ClN4O2/c1-5-4-17-10(14-5)15-9(16)6-2-8(12)13-3-7(6)11/h2-4H,1H3,(H2,12,13)(H,14,15,16). The fourth-order valence-corrected chi connectivity index (χ4v) is 1.39. The summed E-state index contributed by atoms with van der Waals surface area (Å²) in [5.74, 6) is -0.242. The molecule has 0 saturated heterocycles. The molecular formula is C10H9ClN4O2. The van der Waals surface area contributed by atoms with Crippen LogP contribution in [0.5, 0.6) is 0 Å². The summed E-state index contributed by atoms with van der Waals surface area (Å²) < 4.78 is 4.99. The fourth-order valence-electron chi connectivity index (χ4n) is 1.20. The first-order valence-electron chi connectivity index (χ1n) is 4.71. The lowest BCUT2D eigenvalue weighted by molar-refractivity contribution is 0.102. The molecule has 0 radical (unpaired) electrons. The Balaban J connectivity index is 2.22. The monoisotopic (exact) mass is 252 g/mol. The number of nitrogens with two attached hydrogens (primary N) is 1. The van der Waals surface area contributed by atoms with Gasteiger partial charge in [0.2, 0.25) is 0 Å². The van der Waals surface area contributed by atoms with Gasteiger partial charge in [-0.05, 0) is 13.0 Å². The van der Waals surface area contributed by atoms with Gasteiger partial charge >= 0.3 is 6.01 Å². The van der Waals surface area contributed by atoms with Crippen LogP contribution in [-0.4, -0.2) is 15.9 Å². The summed E-state index contributed by atoms with van der Waals surface area (Å²) in [6, 6.07) is 1.49. The van der Waals surface area contributed by atoms with Crippen LogP contribution >= 0.6 is 11.6 Å². The molecule has 2 aromatic heterocycles. The van der Waals surface area contributed by atoms with Gasteiger partial charge in [0.15, 0.2) is 0 Å². The number of nitrogen functional groups attached to an aromatic ring is 1. The molecule has 1 amide bonds. The van der Waals surface area contributed by atoms with E-state index >= 15 is 0 Å². The molecule has 0 atom stereocenters. The van der Waals surface area contributed by atoms with Gasteiger partial charge < -0.3 is 10.2 Å². The summed E-state index contributed by atoms with van der Waals surface area (Å²) in [5.41, 5.74) is 6.36. The zero-order chi connectivity index (χ0) is 12.4. The van der Waals surface area contributed by atoms with Crippen molar-refractivity contribution >= 4 is 29.3 Å². The smallest absolute Gasteiger partial charge is 0.301 e. The number of nitrogens with zero attached hydrogens (tertiary/aromatic N) is 2. The first-order chi connectivity index (χ1) is 8.06. The van der Waals surface area contributed by atoms with E-state index in [1.54, 1.807) is 6.92 Å². The highest BCUT2D eigenvalue weighted by Gasteiger charge is 2.13. The van der Waals surface area contributed by atoms with Crippen LogP contribution in [0.4, 0.5) is 11.8 Å². The Labute approximate surface area is 102 Å². The highest BCUT2D eigenvalue weighted by atomic mass is 35.5. The number of carbonyl (C=O) groups is 1. The highest BCUT2D eigenvalue weighted by Crippen LogP contribution is 2.18. The molecule has 3 N–H and O–H groups in total. The molecule has 0 aromatic carbocycles. The van der Waals surface area contributed by atoms with Gasteiger partial charge in [-0.25, -0.2) is 4.98 Å². The van der Waals surface area contributed by atoms with Gasteiger partial charge in [0, 0.05) is 6.20 Å². The molecule has 2 heterocycles. The molecule has 0 spiro atoms. The molecule has 17 heavy (non-hydrogen) atoms. The summed E-state index contributed by atoms with van der Waals surface area (Å²) in [5, 5.41) is 2.67. The molecular weight excluding hydrogens is 244 g/mol. The van der Waals surface area contributed by atoms with Gasteiger partial charge in [-0.1, -0.05) is 11.6 Å². The molecule has 2 rings (SSSR count). The molecule has 88 valence electrons. The Kier molecular flexibility index (Phi) is 2.97. The topological polar surface area (TPSA) is 94.0 Å². The summed E-state index contributed by atoms with van der Waals surface area (Å²) >= 11 is 5.83. The van der Waals surface area contributed by atoms with E-state index in [-0.39, 0.29) is 22.4 Å². The lowest BCUT2D eigenvalue weighted by Crippen LogP contribution is -2.13. The quantitative estimate of drug-likeness (QED) is 0.851. The molecule has 0 bridgehead atoms. The average molecular weight is 253 g/mol. The van der Waals surface area contributed by atoms with Crippen LogP contribution in [0.2, 0.25) is 5.02 Å². The zero-order valence-corrected chi connectivity index (χ0v) is 9.65. The van der Waals surface area contributed by atoms with Crippen LogP contribution in [0.25, 0.3) is 0 Å². The Bertz CT molecular complexity index is 567. The van der Waals surface area contributed by atoms with E-state index in [0.717, 1.165) is 0 Å². The van der Waals surface area contributed by atoms with Gasteiger partial charge in [-0.15, -0.1) is 0 Å². The molecule has 7 heteroatoms. The molecule has 0 saturated carbocycles. The van der Waals surface area contributed by atoms with Crippen LogP contribution in [0.15, 0.2) is 22.9 Å². The maximum Gasteiger partial charge on any atom is 0.301 e. The summed E-state index contributed by atoms with van der Waals surface area (Å²) in [6.07, 6.45) is 2.74. The SMILES string of the molecule is Cc1coc(NC(=O)c2cc(N)ncc2Cl)n1. The van der Waals surface area contributed by atoms with Crippen LogP contribution in [0, 0.1) is 6.92 Å². The number of hydrogen-bond acceptors (Lipinski definition) is 5. The van der Waals surface area contributed by atoms with Crippen molar-refractivity contribution in [1.82, 2.24) is 9.97 Å². The molecule has 0 aliphatic rings. The van der Waals surface area contributed by atoms with E-state index in [9.17, 15) is 4.79 Å². The van der Waals surface area contributed by atoms with E-state index in [1.807, 2.05) is 0 Å². The zero-order valence-electron chi connectivity index (χ0n) is 8.90. The minimum atomic E-state index is -0.453. The second-order valence-electron chi connectivity index (χ2n) is 3.34. The second-order valence-corrected chi connectivity index (χ2v) is 3.74. The molecule has 0 aliphatic carbocycles. The van der Waals surface area contributed by atoms with Crippen LogP contribution in [-0.2, 0) is 0 Å². The average Bonchev–Trinajstić information content (AvgIpc) is 2.67. The maximum absolute atomic E-state index is 11.8. The number of carbonyl (C=O) groups excluding carboxylic acids is 1. The van der Waals surface area contributed by atoms with E-state index in [4.69, 9.17) is 21.8 Å². The minimum Gasteiger partial charge on any atom is -0.432 e. The number of oxazole rings is 1. The third kappa shape index (κ3) is 2.54. The van der Waals surface area contributed by atoms with E-state index in [0.29, 0.717) is 5.69 Å². The number of hydrogen-bond donors (Lipinski definition) is 2. The highest BCUT2D eigenvalue weighted by molar-refractivity contribution is 6.34. The number of halogens is 1. The third-order valence-electron chi connectivity index (χ3n) is 1.96. The number of amides is 1. The largest absolute Gasteiger partial charge is 0.432 e. The van der Waals surface area contributed by atoms with Gasteiger partial charge in [0.25, 0.3) is 5.91 Å². The number of nitrogens with one attached hydrogen (secondary N) is 1. The van der Waals surface area contributed by atoms with E-state index in [1.165, 1.54) is 18.5 Å². The summed E-state index contributed by atoms with van der Waals surface area (Å²) in [4.78, 5) is 19.5. The number of anilines is 2. The number of aromatic nitrogens is 2. The van der Waals surface area contributed by atoms with Crippen LogP contribution in [0.3, 0.4) is 0 Å². The number of pyridine rings is 1. The van der Waals surface area contributed by atoms with Gasteiger partial charge in [-0.3, -0.25) is 10.1 Å². The normalized spacial score (nSPS) is 10.2. The molecule has 6 nitrogen and oxygen atoms in total. The fraction of sp³-hybridized carbons (Fsp3) is 0.100. The molecule has 0 unspecified atom stereocenters. The van der Waals surface area contributed by atoms with Crippen molar-refractivity contribution in [3.8, 4) is 0 Å². The predicted octanol–water partition coefficient (Wildman–Crippen LogP) is 1.87. The Morgan fingerprint density at radius 2 is 2.35 bits per heavy atom. The summed E-state index contributed by atoms with van der Waals surface area (Å²) in [6.45, 7) is 1.75. The van der Waals surface area contributed by atoms with Crippen molar-refractivity contribution in [2.45, 2.75) is 6.92 Å². The first-order valence-corrected chi connectivity index (χ1v) is 5.08. The van der Waals surface area contributed by atoms with Gasteiger partial charge in [0.05, 0.1) is 16.3 Å². The first kappa shape index (κ1) is 11.4. The van der Waals surface area contributed by atoms with Crippen molar-refractivity contribution in [3.05, 3.63) is 34.8 Å². The van der Waals surface area contributed by atoms with Crippen LogP contribution < -0.4 is 11.1 Å². The predicted molar refractivity (Wildman–Crippen MR) is 62.9 cm³/mol. The second kappa shape index (κ2) is 4.42. The van der Waals surface area contributed by atoms with E-state index < -0.39 is 5.91 Å². The summed E-state index contributed by atoms with van der Waals surface area (Å²) in [7, 11) is 0. The van der Waals surface area contributed by atoms with Crippen molar-refractivity contribution < 1.29 is 9.21 Å². The van der Waals surface area contributed by atoms with E-state index in [2.05, 4.69) is 15.3 Å². The number of aryl methyl sites for hydroxylation is 1. The van der Waals surface area contributed by atoms with Gasteiger partial charge in [0.1, 0.15) is 12.1 Å². The van der Waals surface area contributed by atoms with Crippen LogP contribution in [0.1, 0.15) is 16.1 Å². The molecule has 0 fully saturated rings. The van der Waals surface area contributed by atoms with Crippen molar-refractivity contribution in [3.63, 3.8) is 0 Å². The Morgan fingerprint density at radius 1 is 1.59 bits per heavy atom. The Morgan fingerprint density at radius 3 is 3.00 bits per heavy atom. The third-order valence-corrected chi connectivity index (χ3v) is 2.26. The minimum absolute atomic E-state index is 0.110. The van der Waals surface area contributed by atoms with Crippen molar-refractivity contribution in [2.24, 2.45) is 0 Å². The van der Waals surface area contributed by atoms with Gasteiger partial charge in [-0.2, -0.15) is 4.98 Å². The van der Waals surface area contributed by atoms with Crippen molar-refractivity contribution in [1.29, 1.82) is 0 Å².